The van der Waals surface area contributed by atoms with Crippen LogP contribution in [0.1, 0.15) is 19.3 Å². The average Bonchev–Trinajstić information content (AvgIpc) is 3.04. The Labute approximate surface area is 137 Å². The predicted octanol–water partition coefficient (Wildman–Crippen LogP) is 1.82. The van der Waals surface area contributed by atoms with Crippen molar-refractivity contribution in [3.63, 3.8) is 0 Å². The van der Waals surface area contributed by atoms with E-state index in [4.69, 9.17) is 0 Å². The molecule has 2 unspecified atom stereocenters. The molecule has 2 N–H and O–H groups in total. The fourth-order valence-corrected chi connectivity index (χ4v) is 3.95. The number of rotatable bonds is 1. The minimum atomic E-state index is -0.110. The molecule has 0 saturated carbocycles. The zero-order valence-corrected chi connectivity index (χ0v) is 13.3. The summed E-state index contributed by atoms with van der Waals surface area (Å²) in [5, 5.41) is 5.98. The van der Waals surface area contributed by atoms with Gasteiger partial charge >= 0.3 is 6.03 Å². The van der Waals surface area contributed by atoms with Gasteiger partial charge in [0.2, 0.25) is 5.91 Å². The second-order valence-corrected chi connectivity index (χ2v) is 6.60. The molecule has 7 nitrogen and oxygen atoms in total. The van der Waals surface area contributed by atoms with Crippen LogP contribution in [0, 0.1) is 5.92 Å². The van der Waals surface area contributed by atoms with E-state index in [1.54, 1.807) is 0 Å². The summed E-state index contributed by atoms with van der Waals surface area (Å²) in [6.45, 7) is 1.33. The smallest absolute Gasteiger partial charge is 0.321 e. The number of nitrogens with zero attached hydrogens (tertiary/aromatic N) is 3. The summed E-state index contributed by atoms with van der Waals surface area (Å²) < 4.78 is 8.43. The van der Waals surface area contributed by atoms with E-state index in [1.165, 1.54) is 0 Å². The van der Waals surface area contributed by atoms with Crippen LogP contribution in [0.2, 0.25) is 0 Å². The van der Waals surface area contributed by atoms with Gasteiger partial charge in [0.1, 0.15) is 11.0 Å². The van der Waals surface area contributed by atoms with Gasteiger partial charge in [0.25, 0.3) is 0 Å². The third-order valence-corrected chi connectivity index (χ3v) is 5.18. The molecule has 0 radical (unpaired) electrons. The number of carbonyl (C=O) groups is 2. The monoisotopic (exact) mass is 331 g/mol. The van der Waals surface area contributed by atoms with Crippen molar-refractivity contribution in [3.8, 4) is 0 Å². The van der Waals surface area contributed by atoms with Crippen LogP contribution < -0.4 is 10.6 Å². The standard InChI is InChI=1S/C15H17N5O2S/c21-13-5-4-9-8-20(7-6-10(9)16-13)15(22)17-11-2-1-3-12-14(11)19-23-18-12/h1-3,9-10H,4-8H2,(H,16,21)(H,17,22). The molecule has 0 aliphatic carbocycles. The van der Waals surface area contributed by atoms with Gasteiger partial charge < -0.3 is 15.5 Å². The number of benzene rings is 1. The van der Waals surface area contributed by atoms with E-state index < -0.39 is 0 Å². The fourth-order valence-electron chi connectivity index (χ4n) is 3.40. The van der Waals surface area contributed by atoms with Gasteiger partial charge in [-0.15, -0.1) is 0 Å². The van der Waals surface area contributed by atoms with E-state index >= 15 is 0 Å². The van der Waals surface area contributed by atoms with Crippen molar-refractivity contribution in [1.82, 2.24) is 19.0 Å². The second-order valence-electron chi connectivity index (χ2n) is 6.08. The first-order valence-corrected chi connectivity index (χ1v) is 8.50. The number of amides is 3. The van der Waals surface area contributed by atoms with Gasteiger partial charge in [-0.1, -0.05) is 6.07 Å². The first-order chi connectivity index (χ1) is 11.2. The molecule has 2 saturated heterocycles. The van der Waals surface area contributed by atoms with Crippen LogP contribution >= 0.6 is 11.7 Å². The first kappa shape index (κ1) is 14.4. The third kappa shape index (κ3) is 2.74. The number of anilines is 1. The topological polar surface area (TPSA) is 87.2 Å². The molecule has 3 heterocycles. The number of aromatic nitrogens is 2. The fraction of sp³-hybridized carbons (Fsp3) is 0.467. The van der Waals surface area contributed by atoms with Crippen LogP contribution in [0.4, 0.5) is 10.5 Å². The lowest BCUT2D eigenvalue weighted by molar-refractivity contribution is -0.125. The average molecular weight is 331 g/mol. The minimum absolute atomic E-state index is 0.110. The Bertz CT molecular complexity index is 761. The first-order valence-electron chi connectivity index (χ1n) is 7.77. The van der Waals surface area contributed by atoms with Crippen molar-refractivity contribution < 1.29 is 9.59 Å². The number of likely N-dealkylation sites (tertiary alicyclic amines) is 1. The number of piperidine rings is 2. The normalized spacial score (nSPS) is 24.2. The highest BCUT2D eigenvalue weighted by molar-refractivity contribution is 7.00. The molecule has 2 fully saturated rings. The van der Waals surface area contributed by atoms with E-state index in [2.05, 4.69) is 19.4 Å². The van der Waals surface area contributed by atoms with Crippen molar-refractivity contribution in [2.45, 2.75) is 25.3 Å². The van der Waals surface area contributed by atoms with Gasteiger partial charge in [0.15, 0.2) is 0 Å². The van der Waals surface area contributed by atoms with E-state index in [1.807, 2.05) is 23.1 Å². The lowest BCUT2D eigenvalue weighted by atomic mass is 9.85. The van der Waals surface area contributed by atoms with Gasteiger partial charge in [-0.25, -0.2) is 4.79 Å². The summed E-state index contributed by atoms with van der Waals surface area (Å²) in [4.78, 5) is 25.8. The maximum atomic E-state index is 12.6. The van der Waals surface area contributed by atoms with Gasteiger partial charge in [-0.2, -0.15) is 8.75 Å². The van der Waals surface area contributed by atoms with Gasteiger partial charge in [-0.05, 0) is 30.9 Å². The molecule has 0 bridgehead atoms. The molecule has 3 amide bonds. The van der Waals surface area contributed by atoms with Crippen molar-refractivity contribution in [1.29, 1.82) is 0 Å². The third-order valence-electron chi connectivity index (χ3n) is 4.64. The number of hydrogen-bond donors (Lipinski definition) is 2. The lowest BCUT2D eigenvalue weighted by Gasteiger charge is -2.41. The number of hydrogen-bond acceptors (Lipinski definition) is 5. The van der Waals surface area contributed by atoms with Gasteiger partial charge in [0, 0.05) is 25.6 Å². The maximum absolute atomic E-state index is 12.6. The molecule has 4 rings (SSSR count). The van der Waals surface area contributed by atoms with Crippen LogP contribution in [0.3, 0.4) is 0 Å². The Balaban J connectivity index is 1.45. The molecule has 2 aromatic rings. The molecular formula is C15H17N5O2S. The van der Waals surface area contributed by atoms with E-state index in [0.29, 0.717) is 31.1 Å². The minimum Gasteiger partial charge on any atom is -0.353 e. The lowest BCUT2D eigenvalue weighted by Crippen LogP contribution is -2.55. The Hall–Kier alpha value is -2.22. The van der Waals surface area contributed by atoms with Gasteiger partial charge in [-0.3, -0.25) is 4.79 Å². The van der Waals surface area contributed by atoms with Crippen LogP contribution in [-0.2, 0) is 4.79 Å². The zero-order valence-electron chi connectivity index (χ0n) is 12.5. The van der Waals surface area contributed by atoms with E-state index in [9.17, 15) is 9.59 Å². The molecule has 2 atom stereocenters. The summed E-state index contributed by atoms with van der Waals surface area (Å²) in [7, 11) is 0. The number of nitrogens with one attached hydrogen (secondary N) is 2. The van der Waals surface area contributed by atoms with Crippen molar-refractivity contribution in [3.05, 3.63) is 18.2 Å². The molecule has 1 aromatic heterocycles. The largest absolute Gasteiger partial charge is 0.353 e. The summed E-state index contributed by atoms with van der Waals surface area (Å²) in [6, 6.07) is 5.69. The molecule has 2 aliphatic rings. The molecule has 1 aromatic carbocycles. The molecule has 23 heavy (non-hydrogen) atoms. The van der Waals surface area contributed by atoms with Crippen molar-refractivity contribution >= 4 is 40.4 Å². The summed E-state index contributed by atoms with van der Waals surface area (Å²) in [5.74, 6) is 0.482. The van der Waals surface area contributed by atoms with Crippen molar-refractivity contribution in [2.75, 3.05) is 18.4 Å². The summed E-state index contributed by atoms with van der Waals surface area (Å²) in [5.41, 5.74) is 2.22. The Morgan fingerprint density at radius 1 is 1.35 bits per heavy atom. The molecule has 8 heteroatoms. The quantitative estimate of drug-likeness (QED) is 0.834. The molecule has 120 valence electrons. The second kappa shape index (κ2) is 5.77. The van der Waals surface area contributed by atoms with Crippen molar-refractivity contribution in [2.24, 2.45) is 5.92 Å². The zero-order chi connectivity index (χ0) is 15.8. The van der Waals surface area contributed by atoms with Gasteiger partial charge in [0.05, 0.1) is 17.4 Å². The van der Waals surface area contributed by atoms with Crippen LogP contribution in [0.15, 0.2) is 18.2 Å². The summed E-state index contributed by atoms with van der Waals surface area (Å²) in [6.07, 6.45) is 2.22. The Morgan fingerprint density at radius 3 is 3.17 bits per heavy atom. The molecular weight excluding hydrogens is 314 g/mol. The predicted molar refractivity (Wildman–Crippen MR) is 87.3 cm³/mol. The van der Waals surface area contributed by atoms with Crippen LogP contribution in [0.25, 0.3) is 11.0 Å². The SMILES string of the molecule is O=C1CCC2CN(C(=O)Nc3cccc4nsnc34)CCC2N1. The van der Waals surface area contributed by atoms with E-state index in [0.717, 1.165) is 35.6 Å². The van der Waals surface area contributed by atoms with E-state index in [-0.39, 0.29) is 18.0 Å². The maximum Gasteiger partial charge on any atom is 0.321 e. The highest BCUT2D eigenvalue weighted by Gasteiger charge is 2.35. The molecule has 2 aliphatic heterocycles. The number of fused-ring (bicyclic) bond motifs is 2. The number of carbonyl (C=O) groups excluding carboxylic acids is 2. The Morgan fingerprint density at radius 2 is 2.26 bits per heavy atom. The van der Waals surface area contributed by atoms with Crippen LogP contribution in [0.5, 0.6) is 0 Å². The van der Waals surface area contributed by atoms with Crippen LogP contribution in [-0.4, -0.2) is 44.7 Å². The highest BCUT2D eigenvalue weighted by atomic mass is 32.1. The number of urea groups is 1. The molecule has 0 spiro atoms. The Kier molecular flexibility index (Phi) is 3.60. The highest BCUT2D eigenvalue weighted by Crippen LogP contribution is 2.26. The summed E-state index contributed by atoms with van der Waals surface area (Å²) >= 11 is 1.14.